The molecule has 0 spiro atoms. The van der Waals surface area contributed by atoms with Crippen molar-refractivity contribution in [3.8, 4) is 0 Å². The Bertz CT molecular complexity index is 421. The van der Waals surface area contributed by atoms with Gasteiger partial charge in [0, 0.05) is 12.6 Å². The highest BCUT2D eigenvalue weighted by Gasteiger charge is 2.36. The van der Waals surface area contributed by atoms with Crippen molar-refractivity contribution < 1.29 is 9.90 Å². The van der Waals surface area contributed by atoms with Crippen LogP contribution in [0.1, 0.15) is 37.3 Å². The molecule has 0 radical (unpaired) electrons. The molecule has 2 rings (SSSR count). The van der Waals surface area contributed by atoms with Gasteiger partial charge in [-0.2, -0.15) is 0 Å². The molecule has 1 aromatic rings. The van der Waals surface area contributed by atoms with Gasteiger partial charge in [-0.15, -0.1) is 0 Å². The van der Waals surface area contributed by atoms with Crippen LogP contribution < -0.4 is 0 Å². The Balaban J connectivity index is 1.82. The van der Waals surface area contributed by atoms with E-state index < -0.39 is 5.97 Å². The van der Waals surface area contributed by atoms with E-state index in [-0.39, 0.29) is 5.92 Å². The van der Waals surface area contributed by atoms with E-state index in [0.717, 1.165) is 25.8 Å². The lowest BCUT2D eigenvalue weighted by molar-refractivity contribution is -0.146. The van der Waals surface area contributed by atoms with Crippen molar-refractivity contribution in [2.24, 2.45) is 5.92 Å². The van der Waals surface area contributed by atoms with Crippen molar-refractivity contribution in [1.29, 1.82) is 0 Å². The van der Waals surface area contributed by atoms with Gasteiger partial charge >= 0.3 is 5.97 Å². The number of hydrogen-bond donors (Lipinski definition) is 1. The number of rotatable bonds is 6. The Morgan fingerprint density at radius 3 is 2.37 bits per heavy atom. The molecule has 1 aromatic carbocycles. The molecule has 0 aliphatic heterocycles. The number of benzene rings is 1. The first-order chi connectivity index (χ1) is 9.10. The van der Waals surface area contributed by atoms with E-state index >= 15 is 0 Å². The first-order valence-electron chi connectivity index (χ1n) is 7.11. The summed E-state index contributed by atoms with van der Waals surface area (Å²) in [5.74, 6) is -0.770. The fraction of sp³-hybridized carbons (Fsp3) is 0.562. The fourth-order valence-electron chi connectivity index (χ4n) is 2.67. The van der Waals surface area contributed by atoms with Crippen molar-refractivity contribution in [1.82, 2.24) is 4.90 Å². The molecule has 1 aliphatic carbocycles. The highest BCUT2D eigenvalue weighted by molar-refractivity contribution is 5.71. The molecule has 3 heteroatoms. The van der Waals surface area contributed by atoms with Gasteiger partial charge in [0.1, 0.15) is 0 Å². The largest absolute Gasteiger partial charge is 0.481 e. The lowest BCUT2D eigenvalue weighted by Crippen LogP contribution is -2.44. The van der Waals surface area contributed by atoms with E-state index in [1.807, 2.05) is 0 Å². The highest BCUT2D eigenvalue weighted by atomic mass is 16.4. The van der Waals surface area contributed by atoms with E-state index in [4.69, 9.17) is 5.11 Å². The Hall–Kier alpha value is -1.35. The molecule has 0 atom stereocenters. The lowest BCUT2D eigenvalue weighted by Gasteiger charge is -2.39. The Morgan fingerprint density at radius 1 is 1.26 bits per heavy atom. The van der Waals surface area contributed by atoms with Crippen molar-refractivity contribution in [2.75, 3.05) is 7.05 Å². The van der Waals surface area contributed by atoms with Crippen molar-refractivity contribution in [3.05, 3.63) is 35.4 Å². The maximum atomic E-state index is 10.8. The number of nitrogens with zero attached hydrogens (tertiary/aromatic N) is 1. The summed E-state index contributed by atoms with van der Waals surface area (Å²) in [5.41, 5.74) is 2.70. The zero-order chi connectivity index (χ0) is 13.8. The molecule has 19 heavy (non-hydrogen) atoms. The van der Waals surface area contributed by atoms with Crippen LogP contribution in [-0.2, 0) is 17.8 Å². The molecule has 1 N–H and O–H groups in total. The molecular weight excluding hydrogens is 238 g/mol. The Labute approximate surface area is 115 Å². The van der Waals surface area contributed by atoms with E-state index in [9.17, 15) is 4.79 Å². The second-order valence-corrected chi connectivity index (χ2v) is 5.64. The van der Waals surface area contributed by atoms with Gasteiger partial charge in [0.15, 0.2) is 0 Å². The fourth-order valence-corrected chi connectivity index (χ4v) is 2.67. The number of carboxylic acid groups (broad SMARTS) is 1. The Morgan fingerprint density at radius 2 is 1.84 bits per heavy atom. The van der Waals surface area contributed by atoms with Gasteiger partial charge < -0.3 is 5.11 Å². The number of hydrogen-bond acceptors (Lipinski definition) is 2. The van der Waals surface area contributed by atoms with Gasteiger partial charge in [0.25, 0.3) is 0 Å². The Kier molecular flexibility index (Phi) is 4.59. The molecular formula is C16H23NO2. The summed E-state index contributed by atoms with van der Waals surface area (Å²) in [6.07, 6.45) is 3.90. The maximum Gasteiger partial charge on any atom is 0.306 e. The predicted molar refractivity (Wildman–Crippen MR) is 76.1 cm³/mol. The predicted octanol–water partition coefficient (Wildman–Crippen LogP) is 2.93. The number of aryl methyl sites for hydroxylation is 1. The van der Waals surface area contributed by atoms with Crippen molar-refractivity contribution in [2.45, 2.75) is 45.2 Å². The van der Waals surface area contributed by atoms with Gasteiger partial charge in [0.2, 0.25) is 0 Å². The summed E-state index contributed by atoms with van der Waals surface area (Å²) in [4.78, 5) is 13.1. The third kappa shape index (κ3) is 3.57. The normalized spacial score (nSPS) is 22.3. The smallest absolute Gasteiger partial charge is 0.306 e. The molecule has 0 aromatic heterocycles. The van der Waals surface area contributed by atoms with Crippen LogP contribution in [0, 0.1) is 5.92 Å². The number of carbonyl (C=O) groups is 1. The summed E-state index contributed by atoms with van der Waals surface area (Å²) < 4.78 is 0. The van der Waals surface area contributed by atoms with Crippen LogP contribution in [0.2, 0.25) is 0 Å². The first-order valence-corrected chi connectivity index (χ1v) is 7.11. The van der Waals surface area contributed by atoms with Crippen LogP contribution in [0.15, 0.2) is 24.3 Å². The summed E-state index contributed by atoms with van der Waals surface area (Å²) in [6.45, 7) is 3.10. The molecule has 1 aliphatic rings. The van der Waals surface area contributed by atoms with E-state index in [0.29, 0.717) is 6.04 Å². The second kappa shape index (κ2) is 6.20. The standard InChI is InChI=1S/C16H23NO2/c1-3-4-12-5-7-13(8-6-12)11-17(2)15-9-14(10-15)16(18)19/h5-8,14-15H,3-4,9-11H2,1-2H3,(H,18,19). The lowest BCUT2D eigenvalue weighted by atomic mass is 9.79. The minimum atomic E-state index is -0.645. The van der Waals surface area contributed by atoms with Crippen LogP contribution in [0.4, 0.5) is 0 Å². The van der Waals surface area contributed by atoms with Crippen LogP contribution >= 0.6 is 0 Å². The zero-order valence-electron chi connectivity index (χ0n) is 11.8. The van der Waals surface area contributed by atoms with Gasteiger partial charge in [-0.3, -0.25) is 9.69 Å². The molecule has 0 heterocycles. The quantitative estimate of drug-likeness (QED) is 0.856. The molecule has 104 valence electrons. The second-order valence-electron chi connectivity index (χ2n) is 5.64. The van der Waals surface area contributed by atoms with E-state index in [1.54, 1.807) is 0 Å². The van der Waals surface area contributed by atoms with Crippen LogP contribution in [0.3, 0.4) is 0 Å². The molecule has 0 unspecified atom stereocenters. The van der Waals surface area contributed by atoms with Gasteiger partial charge in [-0.25, -0.2) is 0 Å². The number of aliphatic carboxylic acids is 1. The van der Waals surface area contributed by atoms with E-state index in [1.165, 1.54) is 17.5 Å². The summed E-state index contributed by atoms with van der Waals surface area (Å²) in [7, 11) is 2.09. The summed E-state index contributed by atoms with van der Waals surface area (Å²) in [6, 6.07) is 9.21. The SMILES string of the molecule is CCCc1ccc(CN(C)C2CC(C(=O)O)C2)cc1. The van der Waals surface area contributed by atoms with Crippen molar-refractivity contribution in [3.63, 3.8) is 0 Å². The minimum Gasteiger partial charge on any atom is -0.481 e. The van der Waals surface area contributed by atoms with Gasteiger partial charge in [-0.1, -0.05) is 37.6 Å². The van der Waals surface area contributed by atoms with E-state index in [2.05, 4.69) is 43.1 Å². The molecule has 3 nitrogen and oxygen atoms in total. The minimum absolute atomic E-state index is 0.126. The molecule has 0 bridgehead atoms. The van der Waals surface area contributed by atoms with Crippen LogP contribution in [-0.4, -0.2) is 29.1 Å². The molecule has 1 fully saturated rings. The monoisotopic (exact) mass is 261 g/mol. The highest BCUT2D eigenvalue weighted by Crippen LogP contribution is 2.31. The summed E-state index contributed by atoms with van der Waals surface area (Å²) in [5, 5.41) is 8.89. The number of carboxylic acids is 1. The zero-order valence-corrected chi connectivity index (χ0v) is 11.8. The topological polar surface area (TPSA) is 40.5 Å². The summed E-state index contributed by atoms with van der Waals surface area (Å²) >= 11 is 0. The van der Waals surface area contributed by atoms with Gasteiger partial charge in [-0.05, 0) is 37.4 Å². The molecule has 1 saturated carbocycles. The average molecular weight is 261 g/mol. The first kappa shape index (κ1) is 14.1. The molecule has 0 amide bonds. The third-order valence-corrected chi connectivity index (χ3v) is 4.08. The van der Waals surface area contributed by atoms with Crippen LogP contribution in [0.5, 0.6) is 0 Å². The third-order valence-electron chi connectivity index (χ3n) is 4.08. The van der Waals surface area contributed by atoms with Crippen LogP contribution in [0.25, 0.3) is 0 Å². The average Bonchev–Trinajstić information content (AvgIpc) is 2.29. The van der Waals surface area contributed by atoms with Gasteiger partial charge in [0.05, 0.1) is 5.92 Å². The van der Waals surface area contributed by atoms with Crippen molar-refractivity contribution >= 4 is 5.97 Å². The molecule has 0 saturated heterocycles. The maximum absolute atomic E-state index is 10.8.